The minimum absolute atomic E-state index is 0.0438. The molecule has 0 aromatic carbocycles. The Balaban J connectivity index is 1.76. The van der Waals surface area contributed by atoms with Crippen LogP contribution in [0, 0.1) is 12.3 Å². The van der Waals surface area contributed by atoms with Crippen molar-refractivity contribution in [1.82, 2.24) is 19.5 Å². The van der Waals surface area contributed by atoms with Crippen molar-refractivity contribution >= 4 is 40.4 Å². The highest BCUT2D eigenvalue weighted by atomic mass is 31.3. The van der Waals surface area contributed by atoms with Gasteiger partial charge in [0.1, 0.15) is 24.5 Å². The zero-order valence-electron chi connectivity index (χ0n) is 19.5. The summed E-state index contributed by atoms with van der Waals surface area (Å²) in [5, 5.41) is 21.0. The number of anilines is 1. The first-order valence-corrected chi connectivity index (χ1v) is 14.7. The molecule has 0 amide bonds. The molecule has 0 saturated carbocycles. The van der Waals surface area contributed by atoms with Gasteiger partial charge in [-0.2, -0.15) is 9.29 Å². The number of aliphatic hydroxyl groups excluding tert-OH is 2. The lowest BCUT2D eigenvalue weighted by Gasteiger charge is -2.24. The molecular weight excluding hydrogens is 563 g/mol. The molecule has 1 fully saturated rings. The Morgan fingerprint density at radius 1 is 1.16 bits per heavy atom. The van der Waals surface area contributed by atoms with Gasteiger partial charge in [-0.05, 0) is 0 Å². The van der Waals surface area contributed by atoms with Crippen molar-refractivity contribution in [2.75, 3.05) is 39.8 Å². The third-order valence-electron chi connectivity index (χ3n) is 4.89. The number of aromatic amines is 1. The Bertz CT molecular complexity index is 1370. The fourth-order valence-corrected chi connectivity index (χ4v) is 7.96. The zero-order chi connectivity index (χ0) is 27.6. The summed E-state index contributed by atoms with van der Waals surface area (Å²) in [6, 6.07) is 0. The second-order valence-corrected chi connectivity index (χ2v) is 13.2. The molecule has 1 aliphatic rings. The van der Waals surface area contributed by atoms with Crippen LogP contribution in [0.25, 0.3) is 11.2 Å². The molecular formula is C16H24N5O13P3. The van der Waals surface area contributed by atoms with E-state index in [9.17, 15) is 28.7 Å². The monoisotopic (exact) mass is 587 g/mol. The van der Waals surface area contributed by atoms with E-state index in [1.54, 1.807) is 0 Å². The van der Waals surface area contributed by atoms with Crippen LogP contribution >= 0.6 is 23.2 Å². The highest BCUT2D eigenvalue weighted by molar-refractivity contribution is 7.69. The minimum atomic E-state index is -4.90. The van der Waals surface area contributed by atoms with Crippen LogP contribution in [-0.4, -0.2) is 82.1 Å². The molecule has 0 spiro atoms. The van der Waals surface area contributed by atoms with Gasteiger partial charge in [-0.25, -0.2) is 18.4 Å². The fraction of sp³-hybridized carbons (Fsp3) is 0.562. The van der Waals surface area contributed by atoms with Gasteiger partial charge < -0.3 is 25.2 Å². The average molecular weight is 587 g/mol. The van der Waals surface area contributed by atoms with Gasteiger partial charge in [-0.3, -0.25) is 32.5 Å². The summed E-state index contributed by atoms with van der Waals surface area (Å²) in [6.07, 6.45) is -0.299. The maximum Gasteiger partial charge on any atom is 0.490 e. The number of fused-ring (bicyclic) bond motifs is 1. The number of nitrogens with two attached hydrogens (primary N) is 1. The predicted molar refractivity (Wildman–Crippen MR) is 124 cm³/mol. The lowest BCUT2D eigenvalue weighted by Crippen LogP contribution is -2.33. The first-order chi connectivity index (χ1) is 17.3. The lowest BCUT2D eigenvalue weighted by atomic mass is 10.1. The van der Waals surface area contributed by atoms with Crippen LogP contribution in [0.5, 0.6) is 0 Å². The van der Waals surface area contributed by atoms with Crippen molar-refractivity contribution in [2.45, 2.75) is 24.5 Å². The molecule has 2 aromatic heterocycles. The van der Waals surface area contributed by atoms with Crippen LogP contribution < -0.4 is 11.3 Å². The average Bonchev–Trinajstić information content (AvgIpc) is 3.38. The van der Waals surface area contributed by atoms with Gasteiger partial charge in [0.15, 0.2) is 17.4 Å². The van der Waals surface area contributed by atoms with Crippen LogP contribution in [0.2, 0.25) is 0 Å². The molecule has 0 aliphatic carbocycles. The number of aromatic nitrogens is 4. The smallest absolute Gasteiger partial charge is 0.387 e. The van der Waals surface area contributed by atoms with Gasteiger partial charge in [0.05, 0.1) is 12.9 Å². The molecule has 3 rings (SSSR count). The number of ether oxygens (including phenoxy) is 1. The Morgan fingerprint density at radius 2 is 1.84 bits per heavy atom. The summed E-state index contributed by atoms with van der Waals surface area (Å²) >= 11 is 0. The van der Waals surface area contributed by atoms with E-state index in [0.717, 1.165) is 32.2 Å². The Hall–Kier alpha value is -1.96. The van der Waals surface area contributed by atoms with Crippen molar-refractivity contribution in [3.05, 3.63) is 16.7 Å². The van der Waals surface area contributed by atoms with Crippen LogP contribution in [-0.2, 0) is 45.1 Å². The molecule has 1 saturated heterocycles. The summed E-state index contributed by atoms with van der Waals surface area (Å²) in [4.78, 5) is 22.1. The number of nitrogen functional groups attached to an aromatic ring is 1. The number of phosphoric ester groups is 1. The predicted octanol–water partition coefficient (Wildman–Crippen LogP) is 0.352. The number of rotatable bonds is 12. The summed E-state index contributed by atoms with van der Waals surface area (Å²) in [5.41, 5.74) is 4.77. The fourth-order valence-electron chi connectivity index (χ4n) is 3.10. The van der Waals surface area contributed by atoms with E-state index in [4.69, 9.17) is 30.0 Å². The second-order valence-electron chi connectivity index (χ2n) is 7.20. The summed E-state index contributed by atoms with van der Waals surface area (Å²) in [7, 11) is -11.2. The van der Waals surface area contributed by atoms with Gasteiger partial charge >= 0.3 is 23.2 Å². The number of nitrogens with zero attached hydrogens (tertiary/aromatic N) is 3. The number of phosphoric acid groups is 2. The first-order valence-electron chi connectivity index (χ1n) is 10.0. The summed E-state index contributed by atoms with van der Waals surface area (Å²) < 4.78 is 73.5. The standard InChI is InChI=1S/C16H24N5O13P3/c1-5-6-35(25,28-2)33-37(27,30-4)34-36(26,29-3)31-7-9-11(22)12(23)15(32-9)21-8-18-10-13(21)19-16(17)20-14(10)24/h1,8-9,11-12,15,22-23H,6-7H2,2-4H3,(H3,17,19,20,24)/t9-,11?,12?,15-,35?,36?,37?/m1/s1. The molecule has 0 radical (unpaired) electrons. The summed E-state index contributed by atoms with van der Waals surface area (Å²) in [6.45, 7) is -0.751. The molecule has 18 nitrogen and oxygen atoms in total. The first kappa shape index (κ1) is 29.6. The molecule has 5 N–H and O–H groups in total. The minimum Gasteiger partial charge on any atom is -0.387 e. The molecule has 37 heavy (non-hydrogen) atoms. The Kier molecular flexibility index (Phi) is 9.14. The SMILES string of the molecule is C#CCP(=O)(OC)OP(=O)(OC)OP(=O)(OC)OC[C@H]1O[C@@H](n2cnc3c(=O)[nH]c(N)nc32)C(O)C1O. The van der Waals surface area contributed by atoms with Gasteiger partial charge in [-0.1, -0.05) is 5.92 Å². The van der Waals surface area contributed by atoms with Gasteiger partial charge in [0.25, 0.3) is 5.56 Å². The van der Waals surface area contributed by atoms with E-state index >= 15 is 0 Å². The maximum atomic E-state index is 12.9. The van der Waals surface area contributed by atoms with E-state index in [0.29, 0.717) is 0 Å². The van der Waals surface area contributed by atoms with Crippen LogP contribution in [0.1, 0.15) is 6.23 Å². The third kappa shape index (κ3) is 6.37. The third-order valence-corrected chi connectivity index (χ3v) is 10.8. The van der Waals surface area contributed by atoms with E-state index in [1.807, 2.05) is 5.92 Å². The van der Waals surface area contributed by atoms with Crippen molar-refractivity contribution < 1.29 is 55.4 Å². The number of aliphatic hydroxyl groups is 2. The zero-order valence-corrected chi connectivity index (χ0v) is 22.2. The molecule has 0 bridgehead atoms. The summed E-state index contributed by atoms with van der Waals surface area (Å²) in [5.74, 6) is 1.78. The molecule has 5 unspecified atom stereocenters. The largest absolute Gasteiger partial charge is 0.490 e. The lowest BCUT2D eigenvalue weighted by molar-refractivity contribution is -0.0508. The quantitative estimate of drug-likeness (QED) is 0.193. The van der Waals surface area contributed by atoms with Gasteiger partial charge in [0.2, 0.25) is 5.95 Å². The maximum absolute atomic E-state index is 12.9. The van der Waals surface area contributed by atoms with E-state index < -0.39 is 66.1 Å². The number of hydrogen-bond acceptors (Lipinski definition) is 16. The molecule has 21 heteroatoms. The Morgan fingerprint density at radius 3 is 2.43 bits per heavy atom. The van der Waals surface area contributed by atoms with Crippen LogP contribution in [0.15, 0.2) is 11.1 Å². The van der Waals surface area contributed by atoms with E-state index in [-0.39, 0.29) is 17.1 Å². The topological polar surface area (TPSA) is 246 Å². The number of nitrogens with one attached hydrogen (secondary N) is 1. The number of hydrogen-bond donors (Lipinski definition) is 4. The second kappa shape index (κ2) is 11.4. The number of imidazole rings is 1. The van der Waals surface area contributed by atoms with Crippen LogP contribution in [0.4, 0.5) is 5.95 Å². The van der Waals surface area contributed by atoms with E-state index in [2.05, 4.69) is 28.5 Å². The highest BCUT2D eigenvalue weighted by Gasteiger charge is 2.48. The van der Waals surface area contributed by atoms with Crippen LogP contribution in [0.3, 0.4) is 0 Å². The molecule has 206 valence electrons. The Labute approximate surface area is 209 Å². The van der Waals surface area contributed by atoms with Gasteiger partial charge in [0, 0.05) is 21.3 Å². The van der Waals surface area contributed by atoms with Crippen molar-refractivity contribution in [2.24, 2.45) is 0 Å². The molecule has 1 aliphatic heterocycles. The van der Waals surface area contributed by atoms with Crippen molar-refractivity contribution in [3.8, 4) is 12.3 Å². The van der Waals surface area contributed by atoms with Crippen molar-refractivity contribution in [3.63, 3.8) is 0 Å². The normalized spacial score (nSPS) is 26.8. The molecule has 2 aromatic rings. The van der Waals surface area contributed by atoms with E-state index in [1.165, 1.54) is 0 Å². The van der Waals surface area contributed by atoms with Crippen molar-refractivity contribution in [1.29, 1.82) is 0 Å². The number of terminal acetylenes is 1. The highest BCUT2D eigenvalue weighted by Crippen LogP contribution is 2.72. The van der Waals surface area contributed by atoms with Gasteiger partial charge in [-0.15, -0.1) is 6.42 Å². The molecule has 3 heterocycles. The number of H-pyrrole nitrogens is 1. The molecule has 7 atom stereocenters.